The Labute approximate surface area is 96.5 Å². The van der Waals surface area contributed by atoms with Crippen molar-refractivity contribution in [2.75, 3.05) is 0 Å². The number of halogens is 1. The second-order valence-corrected chi connectivity index (χ2v) is 4.81. The van der Waals surface area contributed by atoms with Gasteiger partial charge in [0, 0.05) is 13.8 Å². The van der Waals surface area contributed by atoms with Crippen molar-refractivity contribution >= 4 is 21.9 Å². The Morgan fingerprint density at radius 3 is 2.60 bits per heavy atom. The van der Waals surface area contributed by atoms with Crippen LogP contribution in [0, 0.1) is 6.92 Å². The standard InChI is InChI=1S/C11H11BrO3/c1-6-4-5-7(12)9-8(6)10(13)15-11(2,3)14-9/h4-5H,1-3H3. The van der Waals surface area contributed by atoms with Gasteiger partial charge in [-0.25, -0.2) is 4.79 Å². The maximum Gasteiger partial charge on any atom is 0.345 e. The zero-order valence-corrected chi connectivity index (χ0v) is 10.3. The topological polar surface area (TPSA) is 35.5 Å². The highest BCUT2D eigenvalue weighted by atomic mass is 79.9. The van der Waals surface area contributed by atoms with Gasteiger partial charge in [0.2, 0.25) is 5.79 Å². The van der Waals surface area contributed by atoms with E-state index >= 15 is 0 Å². The van der Waals surface area contributed by atoms with Crippen molar-refractivity contribution < 1.29 is 14.3 Å². The lowest BCUT2D eigenvalue weighted by atomic mass is 10.1. The highest BCUT2D eigenvalue weighted by Gasteiger charge is 2.35. The molecule has 1 aromatic rings. The normalized spacial score (nSPS) is 17.7. The van der Waals surface area contributed by atoms with Crippen molar-refractivity contribution in [2.45, 2.75) is 26.6 Å². The Morgan fingerprint density at radius 1 is 1.27 bits per heavy atom. The SMILES string of the molecule is Cc1ccc(Br)c2c1C(=O)OC(C)(C)O2. The molecular weight excluding hydrogens is 260 g/mol. The molecule has 0 atom stereocenters. The number of benzene rings is 1. The third-order valence-electron chi connectivity index (χ3n) is 2.21. The summed E-state index contributed by atoms with van der Waals surface area (Å²) < 4.78 is 11.5. The summed E-state index contributed by atoms with van der Waals surface area (Å²) in [6.45, 7) is 5.28. The van der Waals surface area contributed by atoms with Crippen LogP contribution in [0.15, 0.2) is 16.6 Å². The number of hydrogen-bond donors (Lipinski definition) is 0. The maximum absolute atomic E-state index is 11.8. The Kier molecular flexibility index (Phi) is 2.26. The average molecular weight is 271 g/mol. The van der Waals surface area contributed by atoms with Gasteiger partial charge in [0.25, 0.3) is 0 Å². The summed E-state index contributed by atoms with van der Waals surface area (Å²) in [5, 5.41) is 0. The molecule has 4 heteroatoms. The van der Waals surface area contributed by atoms with Crippen LogP contribution >= 0.6 is 15.9 Å². The van der Waals surface area contributed by atoms with Crippen LogP contribution in [0.5, 0.6) is 5.75 Å². The van der Waals surface area contributed by atoms with Crippen LogP contribution in [-0.4, -0.2) is 11.8 Å². The van der Waals surface area contributed by atoms with Gasteiger partial charge in [-0.15, -0.1) is 0 Å². The Balaban J connectivity index is 2.64. The molecule has 2 rings (SSSR count). The van der Waals surface area contributed by atoms with Crippen LogP contribution in [0.4, 0.5) is 0 Å². The van der Waals surface area contributed by atoms with E-state index in [0.29, 0.717) is 11.3 Å². The first-order chi connectivity index (χ1) is 6.91. The highest BCUT2D eigenvalue weighted by molar-refractivity contribution is 9.10. The van der Waals surface area contributed by atoms with E-state index in [-0.39, 0.29) is 5.97 Å². The van der Waals surface area contributed by atoms with Crippen molar-refractivity contribution in [3.05, 3.63) is 27.7 Å². The minimum atomic E-state index is -0.902. The Bertz CT molecular complexity index is 438. The molecule has 0 amide bonds. The van der Waals surface area contributed by atoms with Crippen molar-refractivity contribution in [3.63, 3.8) is 0 Å². The second-order valence-electron chi connectivity index (χ2n) is 3.96. The molecule has 0 saturated heterocycles. The van der Waals surface area contributed by atoms with Crippen LogP contribution in [0.2, 0.25) is 0 Å². The molecule has 0 N–H and O–H groups in total. The first kappa shape index (κ1) is 10.5. The number of cyclic esters (lactones) is 1. The first-order valence-corrected chi connectivity index (χ1v) is 5.41. The van der Waals surface area contributed by atoms with Gasteiger partial charge in [-0.05, 0) is 34.5 Å². The Hall–Kier alpha value is -1.03. The monoisotopic (exact) mass is 270 g/mol. The van der Waals surface area contributed by atoms with Crippen molar-refractivity contribution in [2.24, 2.45) is 0 Å². The van der Waals surface area contributed by atoms with Crippen LogP contribution in [0.3, 0.4) is 0 Å². The fourth-order valence-electron chi connectivity index (χ4n) is 1.55. The van der Waals surface area contributed by atoms with Gasteiger partial charge < -0.3 is 9.47 Å². The molecule has 0 aromatic heterocycles. The van der Waals surface area contributed by atoms with E-state index in [0.717, 1.165) is 10.0 Å². The van der Waals surface area contributed by atoms with Gasteiger partial charge >= 0.3 is 5.97 Å². The van der Waals surface area contributed by atoms with Crippen LogP contribution in [0.1, 0.15) is 29.8 Å². The summed E-state index contributed by atoms with van der Waals surface area (Å²) in [7, 11) is 0. The number of carbonyl (C=O) groups is 1. The lowest BCUT2D eigenvalue weighted by Crippen LogP contribution is -2.39. The van der Waals surface area contributed by atoms with Gasteiger partial charge in [0.05, 0.1) is 4.47 Å². The third kappa shape index (κ3) is 1.74. The maximum atomic E-state index is 11.8. The van der Waals surface area contributed by atoms with Crippen molar-refractivity contribution in [1.29, 1.82) is 0 Å². The molecule has 1 heterocycles. The minimum Gasteiger partial charge on any atom is -0.451 e. The summed E-state index contributed by atoms with van der Waals surface area (Å²) in [5.41, 5.74) is 1.36. The van der Waals surface area contributed by atoms with E-state index in [4.69, 9.17) is 9.47 Å². The Morgan fingerprint density at radius 2 is 1.93 bits per heavy atom. The molecule has 0 saturated carbocycles. The minimum absolute atomic E-state index is 0.333. The lowest BCUT2D eigenvalue weighted by molar-refractivity contribution is -0.127. The number of hydrogen-bond acceptors (Lipinski definition) is 3. The number of rotatable bonds is 0. The molecule has 0 aliphatic carbocycles. The smallest absolute Gasteiger partial charge is 0.345 e. The molecule has 80 valence electrons. The molecule has 0 fully saturated rings. The first-order valence-electron chi connectivity index (χ1n) is 4.62. The van der Waals surface area contributed by atoms with Crippen molar-refractivity contribution in [3.8, 4) is 5.75 Å². The fourth-order valence-corrected chi connectivity index (χ4v) is 1.96. The third-order valence-corrected chi connectivity index (χ3v) is 2.83. The van der Waals surface area contributed by atoms with E-state index in [2.05, 4.69) is 15.9 Å². The molecule has 1 aromatic carbocycles. The van der Waals surface area contributed by atoms with Gasteiger partial charge in [-0.2, -0.15) is 0 Å². The average Bonchev–Trinajstić information content (AvgIpc) is 2.09. The molecule has 3 nitrogen and oxygen atoms in total. The molecule has 15 heavy (non-hydrogen) atoms. The molecule has 0 radical (unpaired) electrons. The molecule has 1 aliphatic heterocycles. The van der Waals surface area contributed by atoms with E-state index < -0.39 is 5.79 Å². The van der Waals surface area contributed by atoms with Crippen LogP contribution in [0.25, 0.3) is 0 Å². The van der Waals surface area contributed by atoms with E-state index in [1.807, 2.05) is 19.1 Å². The molecule has 0 bridgehead atoms. The highest BCUT2D eigenvalue weighted by Crippen LogP contribution is 2.38. The van der Waals surface area contributed by atoms with Gasteiger partial charge in [0.15, 0.2) is 5.75 Å². The van der Waals surface area contributed by atoms with E-state index in [1.165, 1.54) is 0 Å². The number of fused-ring (bicyclic) bond motifs is 1. The number of esters is 1. The van der Waals surface area contributed by atoms with Crippen molar-refractivity contribution in [1.82, 2.24) is 0 Å². The summed E-state index contributed by atoms with van der Waals surface area (Å²) in [5.74, 6) is -0.670. The van der Waals surface area contributed by atoms with Crippen LogP contribution in [-0.2, 0) is 4.74 Å². The van der Waals surface area contributed by atoms with E-state index in [9.17, 15) is 4.79 Å². The summed E-state index contributed by atoms with van der Waals surface area (Å²) >= 11 is 3.36. The molecule has 1 aliphatic rings. The second kappa shape index (κ2) is 3.23. The quantitative estimate of drug-likeness (QED) is 0.680. The summed E-state index contributed by atoms with van der Waals surface area (Å²) in [6.07, 6.45) is 0. The zero-order valence-electron chi connectivity index (χ0n) is 8.76. The fraction of sp³-hybridized carbons (Fsp3) is 0.364. The van der Waals surface area contributed by atoms with E-state index in [1.54, 1.807) is 13.8 Å². The molecule has 0 unspecified atom stereocenters. The van der Waals surface area contributed by atoms with Gasteiger partial charge in [-0.1, -0.05) is 6.07 Å². The number of aryl methyl sites for hydroxylation is 1. The predicted octanol–water partition coefficient (Wildman–Crippen LogP) is 3.04. The van der Waals surface area contributed by atoms with Gasteiger partial charge in [0.1, 0.15) is 5.56 Å². The molecule has 0 spiro atoms. The van der Waals surface area contributed by atoms with Crippen LogP contribution < -0.4 is 4.74 Å². The number of carbonyl (C=O) groups excluding carboxylic acids is 1. The van der Waals surface area contributed by atoms with Gasteiger partial charge in [-0.3, -0.25) is 0 Å². The summed E-state index contributed by atoms with van der Waals surface area (Å²) in [6, 6.07) is 3.72. The summed E-state index contributed by atoms with van der Waals surface area (Å²) in [4.78, 5) is 11.8. The lowest BCUT2D eigenvalue weighted by Gasteiger charge is -2.32. The predicted molar refractivity (Wildman–Crippen MR) is 59.0 cm³/mol. The zero-order chi connectivity index (χ0) is 11.2. The largest absolute Gasteiger partial charge is 0.451 e. The molecular formula is C11H11BrO3. The number of ether oxygens (including phenoxy) is 2.